The first-order valence-electron chi connectivity index (χ1n) is 6.48. The smallest absolute Gasteiger partial charge is 0.257 e. The van der Waals surface area contributed by atoms with E-state index in [1.54, 1.807) is 24.3 Å². The minimum Gasteiger partial charge on any atom is -0.357 e. The quantitative estimate of drug-likeness (QED) is 0.488. The van der Waals surface area contributed by atoms with Crippen molar-refractivity contribution in [1.29, 1.82) is 0 Å². The lowest BCUT2D eigenvalue weighted by atomic mass is 10.1. The van der Waals surface area contributed by atoms with Gasteiger partial charge in [-0.15, -0.1) is 0 Å². The number of rotatable bonds is 3. The van der Waals surface area contributed by atoms with Crippen LogP contribution in [0.25, 0.3) is 0 Å². The third kappa shape index (κ3) is 7.26. The second kappa shape index (κ2) is 7.58. The fourth-order valence-electron chi connectivity index (χ4n) is 1.39. The molecular weight excluding hydrogens is 288 g/mol. The summed E-state index contributed by atoms with van der Waals surface area (Å²) >= 11 is 5.01. The van der Waals surface area contributed by atoms with Gasteiger partial charge in [-0.2, -0.15) is 0 Å². The Morgan fingerprint density at radius 3 is 2.29 bits per heavy atom. The maximum absolute atomic E-state index is 11.7. The molecule has 0 saturated carbocycles. The Morgan fingerprint density at radius 2 is 1.71 bits per heavy atom. The molecule has 0 unspecified atom stereocenters. The van der Waals surface area contributed by atoms with E-state index in [4.69, 9.17) is 12.2 Å². The summed E-state index contributed by atoms with van der Waals surface area (Å²) in [6.45, 7) is 5.70. The second-order valence-corrected chi connectivity index (χ2v) is 5.83. The number of hydrogen-bond acceptors (Lipinski definition) is 3. The Balaban J connectivity index is 2.29. The van der Waals surface area contributed by atoms with Crippen molar-refractivity contribution in [2.45, 2.75) is 26.3 Å². The molecule has 1 rings (SSSR count). The van der Waals surface area contributed by atoms with Crippen LogP contribution in [0.4, 0.5) is 0 Å². The van der Waals surface area contributed by atoms with Crippen LogP contribution in [0, 0.1) is 0 Å². The molecule has 21 heavy (non-hydrogen) atoms. The largest absolute Gasteiger partial charge is 0.357 e. The van der Waals surface area contributed by atoms with E-state index in [9.17, 15) is 9.59 Å². The zero-order valence-electron chi connectivity index (χ0n) is 12.3. The molecule has 0 spiro atoms. The molecule has 1 aromatic carbocycles. The molecule has 114 valence electrons. The van der Waals surface area contributed by atoms with Crippen molar-refractivity contribution in [3.63, 3.8) is 0 Å². The van der Waals surface area contributed by atoms with Crippen LogP contribution in [0.5, 0.6) is 0 Å². The molecule has 2 amide bonds. The van der Waals surface area contributed by atoms with Gasteiger partial charge < -0.3 is 10.6 Å². The van der Waals surface area contributed by atoms with Gasteiger partial charge >= 0.3 is 0 Å². The van der Waals surface area contributed by atoms with Crippen molar-refractivity contribution < 1.29 is 9.59 Å². The molecule has 0 atom stereocenters. The maximum Gasteiger partial charge on any atom is 0.257 e. The predicted octanol–water partition coefficient (Wildman–Crippen LogP) is 0.710. The number of hydrazine groups is 1. The lowest BCUT2D eigenvalue weighted by Crippen LogP contribution is -2.53. The van der Waals surface area contributed by atoms with Gasteiger partial charge in [0.2, 0.25) is 0 Å². The second-order valence-electron chi connectivity index (χ2n) is 5.43. The van der Waals surface area contributed by atoms with Crippen LogP contribution in [0.3, 0.4) is 0 Å². The molecule has 0 aliphatic heterocycles. The highest BCUT2D eigenvalue weighted by atomic mass is 32.1. The molecule has 6 nitrogen and oxygen atoms in total. The summed E-state index contributed by atoms with van der Waals surface area (Å²) in [5, 5.41) is 5.81. The van der Waals surface area contributed by atoms with Crippen molar-refractivity contribution in [3.8, 4) is 0 Å². The highest BCUT2D eigenvalue weighted by molar-refractivity contribution is 7.80. The summed E-state index contributed by atoms with van der Waals surface area (Å²) in [5.74, 6) is -0.696. The van der Waals surface area contributed by atoms with E-state index in [1.165, 1.54) is 0 Å². The average Bonchev–Trinajstić information content (AvgIpc) is 2.41. The molecular formula is C14H20N4O2S. The number of carbonyl (C=O) groups is 2. The summed E-state index contributed by atoms with van der Waals surface area (Å²) < 4.78 is 0. The summed E-state index contributed by atoms with van der Waals surface area (Å²) in [4.78, 5) is 23.3. The number of thiocarbonyl (C=S) groups is 1. The van der Waals surface area contributed by atoms with Crippen molar-refractivity contribution in [3.05, 3.63) is 35.9 Å². The van der Waals surface area contributed by atoms with Crippen molar-refractivity contribution in [1.82, 2.24) is 21.5 Å². The molecule has 4 N–H and O–H groups in total. The molecule has 0 aliphatic rings. The minimum atomic E-state index is -0.391. The van der Waals surface area contributed by atoms with E-state index in [2.05, 4.69) is 21.5 Å². The van der Waals surface area contributed by atoms with Crippen LogP contribution in [0.15, 0.2) is 30.3 Å². The lowest BCUT2D eigenvalue weighted by molar-refractivity contribution is -0.120. The van der Waals surface area contributed by atoms with E-state index in [0.717, 1.165) is 0 Å². The third-order valence-electron chi connectivity index (χ3n) is 2.25. The minimum absolute atomic E-state index is 0.140. The predicted molar refractivity (Wildman–Crippen MR) is 85.5 cm³/mol. The lowest BCUT2D eigenvalue weighted by Gasteiger charge is -2.23. The molecule has 0 heterocycles. The van der Waals surface area contributed by atoms with Crippen LogP contribution in [-0.2, 0) is 4.79 Å². The van der Waals surface area contributed by atoms with Crippen LogP contribution in [0.2, 0.25) is 0 Å². The van der Waals surface area contributed by atoms with Crippen LogP contribution < -0.4 is 21.5 Å². The monoisotopic (exact) mass is 308 g/mol. The van der Waals surface area contributed by atoms with E-state index >= 15 is 0 Å². The molecule has 7 heteroatoms. The standard InChI is InChI=1S/C14H20N4O2S/c1-14(2,3)16-13(21)18-17-11(19)9-15-12(20)10-7-5-4-6-8-10/h4-8H,9H2,1-3H3,(H,15,20)(H,17,19)(H2,16,18,21). The molecule has 0 aromatic heterocycles. The van der Waals surface area contributed by atoms with E-state index in [1.807, 2.05) is 26.8 Å². The van der Waals surface area contributed by atoms with Gasteiger partial charge in [0.1, 0.15) is 0 Å². The number of amides is 2. The molecule has 1 aromatic rings. The number of hydrogen-bond donors (Lipinski definition) is 4. The first-order chi connectivity index (χ1) is 9.78. The first-order valence-corrected chi connectivity index (χ1v) is 6.89. The topological polar surface area (TPSA) is 82.3 Å². The van der Waals surface area contributed by atoms with E-state index in [0.29, 0.717) is 10.7 Å². The highest BCUT2D eigenvalue weighted by Gasteiger charge is 2.11. The van der Waals surface area contributed by atoms with Crippen LogP contribution in [0.1, 0.15) is 31.1 Å². The zero-order chi connectivity index (χ0) is 15.9. The average molecular weight is 308 g/mol. The molecule has 0 bridgehead atoms. The summed E-state index contributed by atoms with van der Waals surface area (Å²) in [5.41, 5.74) is 5.28. The summed E-state index contributed by atoms with van der Waals surface area (Å²) in [7, 11) is 0. The summed E-state index contributed by atoms with van der Waals surface area (Å²) in [6.07, 6.45) is 0. The number of carbonyl (C=O) groups excluding carboxylic acids is 2. The van der Waals surface area contributed by atoms with Crippen molar-refractivity contribution >= 4 is 29.1 Å². The Morgan fingerprint density at radius 1 is 1.10 bits per heavy atom. The summed E-state index contributed by atoms with van der Waals surface area (Å²) in [6, 6.07) is 8.68. The normalized spacial score (nSPS) is 10.4. The van der Waals surface area contributed by atoms with Crippen molar-refractivity contribution in [2.24, 2.45) is 0 Å². The van der Waals surface area contributed by atoms with Gasteiger partial charge in [0.05, 0.1) is 6.54 Å². The molecule has 0 radical (unpaired) electrons. The van der Waals surface area contributed by atoms with E-state index in [-0.39, 0.29) is 18.0 Å². The van der Waals surface area contributed by atoms with Gasteiger partial charge in [-0.05, 0) is 45.1 Å². The van der Waals surface area contributed by atoms with Crippen LogP contribution in [-0.4, -0.2) is 29.0 Å². The highest BCUT2D eigenvalue weighted by Crippen LogP contribution is 1.97. The zero-order valence-corrected chi connectivity index (χ0v) is 13.1. The Bertz CT molecular complexity index is 511. The first kappa shape index (κ1) is 16.9. The van der Waals surface area contributed by atoms with Crippen LogP contribution >= 0.6 is 12.2 Å². The van der Waals surface area contributed by atoms with Crippen molar-refractivity contribution in [2.75, 3.05) is 6.54 Å². The number of nitrogens with one attached hydrogen (secondary N) is 4. The maximum atomic E-state index is 11.7. The molecule has 0 saturated heterocycles. The van der Waals surface area contributed by atoms with Gasteiger partial charge in [0, 0.05) is 11.1 Å². The van der Waals surface area contributed by atoms with Gasteiger partial charge in [-0.3, -0.25) is 20.4 Å². The fourth-order valence-corrected chi connectivity index (χ4v) is 1.75. The fraction of sp³-hybridized carbons (Fsp3) is 0.357. The SMILES string of the molecule is CC(C)(C)NC(=S)NNC(=O)CNC(=O)c1ccccc1. The number of benzene rings is 1. The van der Waals surface area contributed by atoms with Gasteiger partial charge in [-0.25, -0.2) is 0 Å². The third-order valence-corrected chi connectivity index (χ3v) is 2.45. The van der Waals surface area contributed by atoms with Gasteiger partial charge in [0.15, 0.2) is 5.11 Å². The Labute approximate surface area is 129 Å². The van der Waals surface area contributed by atoms with Gasteiger partial charge in [-0.1, -0.05) is 18.2 Å². The van der Waals surface area contributed by atoms with Gasteiger partial charge in [0.25, 0.3) is 11.8 Å². The molecule has 0 fully saturated rings. The Kier molecular flexibility index (Phi) is 6.10. The molecule has 0 aliphatic carbocycles. The Hall–Kier alpha value is -2.15. The van der Waals surface area contributed by atoms with E-state index < -0.39 is 5.91 Å².